The summed E-state index contributed by atoms with van der Waals surface area (Å²) in [6.45, 7) is 2.54. The van der Waals surface area contributed by atoms with Gasteiger partial charge in [0.1, 0.15) is 11.0 Å². The van der Waals surface area contributed by atoms with Crippen LogP contribution in [0.5, 0.6) is 5.75 Å². The van der Waals surface area contributed by atoms with E-state index in [0.717, 1.165) is 16.2 Å². The van der Waals surface area contributed by atoms with Gasteiger partial charge in [0.2, 0.25) is 5.91 Å². The largest absolute Gasteiger partial charge is 0.497 e. The molecule has 0 aromatic heterocycles. The molecule has 0 N–H and O–H groups in total. The van der Waals surface area contributed by atoms with Crippen LogP contribution in [0, 0.1) is 0 Å². The third-order valence-corrected chi connectivity index (χ3v) is 5.22. The zero-order valence-corrected chi connectivity index (χ0v) is 14.5. The second kappa shape index (κ2) is 8.22. The van der Waals surface area contributed by atoms with Crippen molar-refractivity contribution in [3.05, 3.63) is 60.2 Å². The highest BCUT2D eigenvalue weighted by Crippen LogP contribution is 2.37. The normalized spacial score (nSPS) is 15.8. The van der Waals surface area contributed by atoms with Gasteiger partial charge in [-0.3, -0.25) is 4.79 Å². The average molecular weight is 343 g/mol. The minimum absolute atomic E-state index is 0.144. The Morgan fingerprint density at radius 3 is 2.38 bits per heavy atom. The molecular weight excluding hydrogens is 322 g/mol. The second-order valence-corrected chi connectivity index (χ2v) is 6.70. The summed E-state index contributed by atoms with van der Waals surface area (Å²) in [6.07, 6.45) is 0. The predicted molar refractivity (Wildman–Crippen MR) is 95.4 cm³/mol. The van der Waals surface area contributed by atoms with E-state index in [1.807, 2.05) is 59.5 Å². The average Bonchev–Trinajstić information content (AvgIpc) is 2.67. The Balaban J connectivity index is 1.82. The second-order valence-electron chi connectivity index (χ2n) is 5.52. The Kier molecular flexibility index (Phi) is 5.77. The van der Waals surface area contributed by atoms with Gasteiger partial charge in [-0.25, -0.2) is 0 Å². The van der Waals surface area contributed by atoms with Crippen molar-refractivity contribution in [1.82, 2.24) is 4.90 Å². The molecule has 126 valence electrons. The van der Waals surface area contributed by atoms with Crippen molar-refractivity contribution in [3.8, 4) is 5.75 Å². The summed E-state index contributed by atoms with van der Waals surface area (Å²) in [5, 5.41) is -0.252. The summed E-state index contributed by atoms with van der Waals surface area (Å²) in [7, 11) is 1.65. The monoisotopic (exact) mass is 343 g/mol. The molecule has 0 aliphatic carbocycles. The van der Waals surface area contributed by atoms with Gasteiger partial charge in [-0.05, 0) is 29.8 Å². The highest BCUT2D eigenvalue weighted by Gasteiger charge is 2.28. The Morgan fingerprint density at radius 1 is 1.08 bits per heavy atom. The fraction of sp³-hybridized carbons (Fsp3) is 0.316. The number of hydrogen-bond acceptors (Lipinski definition) is 4. The summed E-state index contributed by atoms with van der Waals surface area (Å²) in [4.78, 5) is 16.0. The first kappa shape index (κ1) is 16.9. The molecule has 1 amide bonds. The van der Waals surface area contributed by atoms with E-state index in [1.165, 1.54) is 0 Å². The molecule has 1 heterocycles. The standard InChI is InChI=1S/C19H21NO3S/c1-22-16-7-9-17(10-8-16)24-18(15-5-3-2-4-6-15)19(21)20-11-13-23-14-12-20/h2-10,18H,11-14H2,1H3. The first-order chi connectivity index (χ1) is 11.8. The van der Waals surface area contributed by atoms with Crippen LogP contribution in [0.15, 0.2) is 59.5 Å². The molecule has 1 atom stereocenters. The van der Waals surface area contributed by atoms with Gasteiger partial charge in [0.25, 0.3) is 0 Å². The molecule has 1 saturated heterocycles. The maximum Gasteiger partial charge on any atom is 0.240 e. The Bertz CT molecular complexity index is 654. The molecule has 2 aromatic rings. The van der Waals surface area contributed by atoms with Crippen LogP contribution in [-0.2, 0) is 9.53 Å². The number of thioether (sulfide) groups is 1. The Morgan fingerprint density at radius 2 is 1.75 bits per heavy atom. The number of hydrogen-bond donors (Lipinski definition) is 0. The summed E-state index contributed by atoms with van der Waals surface area (Å²) in [5.74, 6) is 0.959. The zero-order valence-electron chi connectivity index (χ0n) is 13.7. The number of carbonyl (C=O) groups excluding carboxylic acids is 1. The van der Waals surface area contributed by atoms with Gasteiger partial charge in [0.05, 0.1) is 20.3 Å². The predicted octanol–water partition coefficient (Wildman–Crippen LogP) is 3.39. The van der Waals surface area contributed by atoms with E-state index in [1.54, 1.807) is 18.9 Å². The molecule has 1 unspecified atom stereocenters. The van der Waals surface area contributed by atoms with Crippen LogP contribution in [0.3, 0.4) is 0 Å². The molecule has 0 bridgehead atoms. The van der Waals surface area contributed by atoms with E-state index in [2.05, 4.69) is 0 Å². The lowest BCUT2D eigenvalue weighted by Crippen LogP contribution is -2.42. The van der Waals surface area contributed by atoms with Crippen LogP contribution in [-0.4, -0.2) is 44.2 Å². The van der Waals surface area contributed by atoms with Crippen LogP contribution in [0.4, 0.5) is 0 Å². The number of ether oxygens (including phenoxy) is 2. The van der Waals surface area contributed by atoms with Crippen molar-refractivity contribution in [2.75, 3.05) is 33.4 Å². The molecule has 5 heteroatoms. The molecule has 3 rings (SSSR count). The smallest absolute Gasteiger partial charge is 0.240 e. The fourth-order valence-corrected chi connectivity index (χ4v) is 3.74. The van der Waals surface area contributed by atoms with E-state index < -0.39 is 0 Å². The van der Waals surface area contributed by atoms with Gasteiger partial charge in [-0.1, -0.05) is 30.3 Å². The number of methoxy groups -OCH3 is 1. The van der Waals surface area contributed by atoms with Crippen molar-refractivity contribution in [2.24, 2.45) is 0 Å². The van der Waals surface area contributed by atoms with Crippen LogP contribution in [0.1, 0.15) is 10.8 Å². The Labute approximate surface area is 146 Å². The van der Waals surface area contributed by atoms with Gasteiger partial charge in [0, 0.05) is 18.0 Å². The molecule has 24 heavy (non-hydrogen) atoms. The summed E-state index contributed by atoms with van der Waals surface area (Å²) in [6, 6.07) is 17.8. The minimum atomic E-state index is -0.252. The third kappa shape index (κ3) is 4.10. The fourth-order valence-electron chi connectivity index (χ4n) is 2.63. The Hall–Kier alpha value is -1.98. The van der Waals surface area contributed by atoms with Crippen LogP contribution in [0.2, 0.25) is 0 Å². The molecule has 1 aliphatic rings. The third-order valence-electron chi connectivity index (χ3n) is 3.96. The molecule has 4 nitrogen and oxygen atoms in total. The van der Waals surface area contributed by atoms with Crippen molar-refractivity contribution >= 4 is 17.7 Å². The van der Waals surface area contributed by atoms with Gasteiger partial charge in [0.15, 0.2) is 0 Å². The molecule has 0 spiro atoms. The van der Waals surface area contributed by atoms with Crippen molar-refractivity contribution in [3.63, 3.8) is 0 Å². The number of rotatable bonds is 5. The highest BCUT2D eigenvalue weighted by atomic mass is 32.2. The molecular formula is C19H21NO3S. The van der Waals surface area contributed by atoms with E-state index in [9.17, 15) is 4.79 Å². The lowest BCUT2D eigenvalue weighted by Gasteiger charge is -2.30. The van der Waals surface area contributed by atoms with Crippen LogP contribution in [0.25, 0.3) is 0 Å². The first-order valence-corrected chi connectivity index (χ1v) is 8.88. The summed E-state index contributed by atoms with van der Waals surface area (Å²) < 4.78 is 10.6. The summed E-state index contributed by atoms with van der Waals surface area (Å²) >= 11 is 1.58. The molecule has 0 radical (unpaired) electrons. The van der Waals surface area contributed by atoms with E-state index in [-0.39, 0.29) is 11.2 Å². The number of benzene rings is 2. The van der Waals surface area contributed by atoms with E-state index >= 15 is 0 Å². The lowest BCUT2D eigenvalue weighted by molar-refractivity contribution is -0.134. The minimum Gasteiger partial charge on any atom is -0.497 e. The van der Waals surface area contributed by atoms with Gasteiger partial charge >= 0.3 is 0 Å². The van der Waals surface area contributed by atoms with Crippen LogP contribution >= 0.6 is 11.8 Å². The lowest BCUT2D eigenvalue weighted by atomic mass is 10.1. The van der Waals surface area contributed by atoms with Gasteiger partial charge < -0.3 is 14.4 Å². The first-order valence-electron chi connectivity index (χ1n) is 8.00. The molecule has 1 aliphatic heterocycles. The zero-order chi connectivity index (χ0) is 16.8. The number of amides is 1. The van der Waals surface area contributed by atoms with E-state index in [4.69, 9.17) is 9.47 Å². The summed E-state index contributed by atoms with van der Waals surface area (Å²) in [5.41, 5.74) is 1.02. The SMILES string of the molecule is COc1ccc(SC(C(=O)N2CCOCC2)c2ccccc2)cc1. The number of morpholine rings is 1. The van der Waals surface area contributed by atoms with E-state index in [0.29, 0.717) is 26.3 Å². The number of carbonyl (C=O) groups is 1. The quantitative estimate of drug-likeness (QED) is 0.780. The van der Waals surface area contributed by atoms with Crippen molar-refractivity contribution < 1.29 is 14.3 Å². The molecule has 2 aromatic carbocycles. The number of nitrogens with zero attached hydrogens (tertiary/aromatic N) is 1. The van der Waals surface area contributed by atoms with Gasteiger partial charge in [-0.2, -0.15) is 0 Å². The van der Waals surface area contributed by atoms with Crippen molar-refractivity contribution in [2.45, 2.75) is 10.1 Å². The van der Waals surface area contributed by atoms with Gasteiger partial charge in [-0.15, -0.1) is 11.8 Å². The molecule has 0 saturated carbocycles. The van der Waals surface area contributed by atoms with Crippen molar-refractivity contribution in [1.29, 1.82) is 0 Å². The molecule has 1 fully saturated rings. The van der Waals surface area contributed by atoms with Crippen LogP contribution < -0.4 is 4.74 Å². The highest BCUT2D eigenvalue weighted by molar-refractivity contribution is 8.00. The maximum absolute atomic E-state index is 13.1. The maximum atomic E-state index is 13.1. The topological polar surface area (TPSA) is 38.8 Å².